The molecule has 0 saturated heterocycles. The Bertz CT molecular complexity index is 847. The highest BCUT2D eigenvalue weighted by atomic mass is 19.4. The van der Waals surface area contributed by atoms with Crippen molar-refractivity contribution in [2.24, 2.45) is 0 Å². The average molecular weight is 308 g/mol. The van der Waals surface area contributed by atoms with Gasteiger partial charge in [0.15, 0.2) is 5.82 Å². The molecule has 0 spiro atoms. The molecule has 0 bridgehead atoms. The van der Waals surface area contributed by atoms with Crippen LogP contribution >= 0.6 is 0 Å². The zero-order valence-corrected chi connectivity index (χ0v) is 11.4. The number of aryl methyl sites for hydroxylation is 1. The molecule has 0 aliphatic heterocycles. The maximum Gasteiger partial charge on any atom is 0.432 e. The summed E-state index contributed by atoms with van der Waals surface area (Å²) >= 11 is 0. The number of hydrogen-bond acceptors (Lipinski definition) is 2. The van der Waals surface area contributed by atoms with E-state index in [2.05, 4.69) is 10.4 Å². The lowest BCUT2D eigenvalue weighted by Gasteiger charge is -2.05. The van der Waals surface area contributed by atoms with Crippen LogP contribution in [0.2, 0.25) is 0 Å². The third kappa shape index (κ3) is 2.54. The summed E-state index contributed by atoms with van der Waals surface area (Å²) in [4.78, 5) is 12.1. The third-order valence-corrected chi connectivity index (χ3v) is 3.18. The van der Waals surface area contributed by atoms with Crippen LogP contribution in [0.25, 0.3) is 10.9 Å². The maximum atomic E-state index is 12.5. The molecule has 0 unspecified atom stereocenters. The number of carbonyl (C=O) groups is 1. The second-order valence-electron chi connectivity index (χ2n) is 4.84. The Kier molecular flexibility index (Phi) is 3.16. The summed E-state index contributed by atoms with van der Waals surface area (Å²) in [6, 6.07) is 7.45. The number of halogens is 3. The van der Waals surface area contributed by atoms with E-state index in [1.165, 1.54) is 4.57 Å². The lowest BCUT2D eigenvalue weighted by atomic mass is 10.2. The normalized spacial score (nSPS) is 11.8. The predicted octanol–water partition coefficient (Wildman–Crippen LogP) is 3.77. The number of fused-ring (bicyclic) bond motifs is 1. The molecule has 2 N–H and O–H groups in total. The molecule has 3 aromatic rings. The molecule has 0 fully saturated rings. The van der Waals surface area contributed by atoms with Crippen LogP contribution in [0.15, 0.2) is 36.5 Å². The first-order chi connectivity index (χ1) is 10.3. The van der Waals surface area contributed by atoms with Crippen molar-refractivity contribution in [3.05, 3.63) is 47.8 Å². The molecule has 0 aliphatic carbocycles. The van der Waals surface area contributed by atoms with Crippen molar-refractivity contribution in [1.82, 2.24) is 14.8 Å². The number of anilines is 1. The standard InChI is InChI=1S/C14H11F3N4O/c1-8-2-3-10-9(6-8)4-5-21(10)13(22)18-12-7-11(19-20-12)14(15,16)17/h2-7H,1H3,(H2,18,19,20,22). The second-order valence-corrected chi connectivity index (χ2v) is 4.84. The van der Waals surface area contributed by atoms with E-state index in [9.17, 15) is 18.0 Å². The minimum Gasteiger partial charge on any atom is -0.290 e. The summed E-state index contributed by atoms with van der Waals surface area (Å²) in [6.07, 6.45) is -2.98. The number of rotatable bonds is 1. The van der Waals surface area contributed by atoms with Gasteiger partial charge in [-0.3, -0.25) is 15.0 Å². The first-order valence-corrected chi connectivity index (χ1v) is 6.36. The van der Waals surface area contributed by atoms with Gasteiger partial charge >= 0.3 is 12.2 Å². The van der Waals surface area contributed by atoms with E-state index >= 15 is 0 Å². The second kappa shape index (κ2) is 4.90. The molecule has 5 nitrogen and oxygen atoms in total. The average Bonchev–Trinajstić information content (AvgIpc) is 3.03. The minimum atomic E-state index is -4.53. The number of aromatic nitrogens is 3. The first kappa shape index (κ1) is 14.2. The number of nitrogens with one attached hydrogen (secondary N) is 2. The van der Waals surface area contributed by atoms with Crippen LogP contribution in [0.5, 0.6) is 0 Å². The van der Waals surface area contributed by atoms with Gasteiger partial charge in [-0.05, 0) is 25.1 Å². The largest absolute Gasteiger partial charge is 0.432 e. The fourth-order valence-corrected chi connectivity index (χ4v) is 2.14. The number of carbonyl (C=O) groups excluding carboxylic acids is 1. The summed E-state index contributed by atoms with van der Waals surface area (Å²) in [7, 11) is 0. The van der Waals surface area contributed by atoms with Gasteiger partial charge in [0.1, 0.15) is 5.69 Å². The van der Waals surface area contributed by atoms with Gasteiger partial charge in [-0.15, -0.1) is 0 Å². The third-order valence-electron chi connectivity index (χ3n) is 3.18. The highest BCUT2D eigenvalue weighted by Crippen LogP contribution is 2.28. The van der Waals surface area contributed by atoms with Crippen LogP contribution in [0.1, 0.15) is 11.3 Å². The Morgan fingerprint density at radius 3 is 2.73 bits per heavy atom. The number of hydrogen-bond donors (Lipinski definition) is 2. The number of aromatic amines is 1. The molecule has 22 heavy (non-hydrogen) atoms. The lowest BCUT2D eigenvalue weighted by Crippen LogP contribution is -2.18. The van der Waals surface area contributed by atoms with Crippen LogP contribution in [-0.4, -0.2) is 20.8 Å². The molecule has 2 heterocycles. The fraction of sp³-hybridized carbons (Fsp3) is 0.143. The molecule has 0 saturated carbocycles. The number of alkyl halides is 3. The van der Waals surface area contributed by atoms with E-state index in [0.29, 0.717) is 5.52 Å². The Morgan fingerprint density at radius 2 is 2.05 bits per heavy atom. The summed E-state index contributed by atoms with van der Waals surface area (Å²) in [5.74, 6) is -0.189. The zero-order chi connectivity index (χ0) is 15.9. The van der Waals surface area contributed by atoms with Crippen molar-refractivity contribution in [3.8, 4) is 0 Å². The number of H-pyrrole nitrogens is 1. The Balaban J connectivity index is 1.86. The van der Waals surface area contributed by atoms with Crippen LogP contribution in [-0.2, 0) is 6.18 Å². The first-order valence-electron chi connectivity index (χ1n) is 6.36. The number of amides is 1. The van der Waals surface area contributed by atoms with Crippen LogP contribution in [0.4, 0.5) is 23.8 Å². The highest BCUT2D eigenvalue weighted by molar-refractivity contribution is 5.98. The minimum absolute atomic E-state index is 0.189. The molecule has 1 aromatic carbocycles. The van der Waals surface area contributed by atoms with Gasteiger partial charge in [0.2, 0.25) is 0 Å². The summed E-state index contributed by atoms with van der Waals surface area (Å²) < 4.78 is 38.7. The molecule has 0 radical (unpaired) electrons. The van der Waals surface area contributed by atoms with E-state index in [4.69, 9.17) is 0 Å². The Labute approximate surface area is 122 Å². The van der Waals surface area contributed by atoms with Crippen molar-refractivity contribution < 1.29 is 18.0 Å². The summed E-state index contributed by atoms with van der Waals surface area (Å²) in [5, 5.41) is 8.47. The fourth-order valence-electron chi connectivity index (χ4n) is 2.14. The Morgan fingerprint density at radius 1 is 1.27 bits per heavy atom. The summed E-state index contributed by atoms with van der Waals surface area (Å²) in [6.45, 7) is 1.93. The molecule has 8 heteroatoms. The van der Waals surface area contributed by atoms with Crippen molar-refractivity contribution in [2.75, 3.05) is 5.32 Å². The van der Waals surface area contributed by atoms with E-state index in [0.717, 1.165) is 17.0 Å². The van der Waals surface area contributed by atoms with Gasteiger partial charge in [-0.2, -0.15) is 18.3 Å². The SMILES string of the molecule is Cc1ccc2c(ccn2C(=O)Nc2cc(C(F)(F)F)[nH]n2)c1. The molecule has 0 aliphatic rings. The molecule has 0 atom stereocenters. The smallest absolute Gasteiger partial charge is 0.290 e. The maximum absolute atomic E-state index is 12.5. The number of nitrogens with zero attached hydrogens (tertiary/aromatic N) is 2. The van der Waals surface area contributed by atoms with Crippen molar-refractivity contribution in [1.29, 1.82) is 0 Å². The Hall–Kier alpha value is -2.77. The molecular weight excluding hydrogens is 297 g/mol. The van der Waals surface area contributed by atoms with Crippen LogP contribution < -0.4 is 5.32 Å². The van der Waals surface area contributed by atoms with Gasteiger partial charge in [-0.1, -0.05) is 11.6 Å². The molecule has 114 valence electrons. The van der Waals surface area contributed by atoms with Gasteiger partial charge in [0, 0.05) is 17.6 Å². The van der Waals surface area contributed by atoms with Crippen molar-refractivity contribution in [2.45, 2.75) is 13.1 Å². The van der Waals surface area contributed by atoms with Gasteiger partial charge < -0.3 is 0 Å². The molecular formula is C14H11F3N4O. The van der Waals surface area contributed by atoms with Gasteiger partial charge in [0.05, 0.1) is 5.52 Å². The van der Waals surface area contributed by atoms with E-state index in [1.54, 1.807) is 18.3 Å². The summed E-state index contributed by atoms with van der Waals surface area (Å²) in [5.41, 5.74) is 0.693. The monoisotopic (exact) mass is 308 g/mol. The van der Waals surface area contributed by atoms with Crippen molar-refractivity contribution >= 4 is 22.8 Å². The topological polar surface area (TPSA) is 62.7 Å². The van der Waals surface area contributed by atoms with Gasteiger partial charge in [-0.25, -0.2) is 4.79 Å². The van der Waals surface area contributed by atoms with Crippen LogP contribution in [0.3, 0.4) is 0 Å². The quantitative estimate of drug-likeness (QED) is 0.719. The van der Waals surface area contributed by atoms with E-state index in [1.807, 2.05) is 24.2 Å². The molecule has 3 rings (SSSR count). The predicted molar refractivity (Wildman–Crippen MR) is 74.7 cm³/mol. The van der Waals surface area contributed by atoms with E-state index in [-0.39, 0.29) is 5.82 Å². The van der Waals surface area contributed by atoms with Crippen LogP contribution in [0, 0.1) is 6.92 Å². The lowest BCUT2D eigenvalue weighted by molar-refractivity contribution is -0.141. The number of benzene rings is 1. The highest BCUT2D eigenvalue weighted by Gasteiger charge is 2.33. The van der Waals surface area contributed by atoms with Crippen molar-refractivity contribution in [3.63, 3.8) is 0 Å². The van der Waals surface area contributed by atoms with Gasteiger partial charge in [0.25, 0.3) is 0 Å². The van der Waals surface area contributed by atoms with E-state index < -0.39 is 17.9 Å². The zero-order valence-electron chi connectivity index (χ0n) is 11.4. The molecule has 1 amide bonds. The molecule has 2 aromatic heterocycles.